The lowest BCUT2D eigenvalue weighted by molar-refractivity contribution is -0.141. The Labute approximate surface area is 137 Å². The lowest BCUT2D eigenvalue weighted by Gasteiger charge is -2.32. The van der Waals surface area contributed by atoms with E-state index in [0.29, 0.717) is 23.6 Å². The van der Waals surface area contributed by atoms with E-state index in [0.717, 1.165) is 0 Å². The third-order valence-corrected chi connectivity index (χ3v) is 5.18. The van der Waals surface area contributed by atoms with Crippen LogP contribution in [-0.2, 0) is 20.3 Å². The maximum absolute atomic E-state index is 12.5. The van der Waals surface area contributed by atoms with Gasteiger partial charge in [-0.3, -0.25) is 13.8 Å². The molecule has 0 radical (unpaired) electrons. The highest BCUT2D eigenvalue weighted by Crippen LogP contribution is 2.16. The van der Waals surface area contributed by atoms with Gasteiger partial charge in [0.25, 0.3) is 5.91 Å². The number of nitrogens with zero attached hydrogens (tertiary/aromatic N) is 1. The molecule has 1 aliphatic heterocycles. The van der Waals surface area contributed by atoms with Crippen molar-refractivity contribution in [3.05, 3.63) is 29.8 Å². The van der Waals surface area contributed by atoms with Crippen molar-refractivity contribution in [2.24, 2.45) is 0 Å². The zero-order chi connectivity index (χ0) is 17.0. The number of benzene rings is 1. The van der Waals surface area contributed by atoms with Gasteiger partial charge in [0.1, 0.15) is 0 Å². The van der Waals surface area contributed by atoms with Crippen LogP contribution >= 0.6 is 0 Å². The van der Waals surface area contributed by atoms with E-state index < -0.39 is 22.9 Å². The first-order valence-electron chi connectivity index (χ1n) is 7.51. The third-order valence-electron chi connectivity index (χ3n) is 3.59. The van der Waals surface area contributed by atoms with E-state index in [1.807, 2.05) is 13.8 Å². The molecule has 0 aromatic heterocycles. The average Bonchev–Trinajstić information content (AvgIpc) is 2.53. The molecule has 6 nitrogen and oxygen atoms in total. The Hall–Kier alpha value is -1.73. The Bertz CT molecular complexity index is 599. The van der Waals surface area contributed by atoms with E-state index in [2.05, 4.69) is 0 Å². The van der Waals surface area contributed by atoms with Crippen LogP contribution in [0.5, 0.6) is 0 Å². The zero-order valence-electron chi connectivity index (χ0n) is 13.2. The molecule has 1 amide bonds. The van der Waals surface area contributed by atoms with Crippen molar-refractivity contribution in [2.45, 2.75) is 36.5 Å². The Kier molecular flexibility index (Phi) is 5.90. The summed E-state index contributed by atoms with van der Waals surface area (Å²) in [6, 6.07) is 6.75. The normalized spacial score (nSPS) is 19.6. The first kappa shape index (κ1) is 17.6. The summed E-state index contributed by atoms with van der Waals surface area (Å²) in [4.78, 5) is 25.6. The van der Waals surface area contributed by atoms with Crippen LogP contribution in [0.4, 0.5) is 0 Å². The van der Waals surface area contributed by atoms with Crippen molar-refractivity contribution >= 4 is 22.7 Å². The predicted molar refractivity (Wildman–Crippen MR) is 85.9 cm³/mol. The van der Waals surface area contributed by atoms with E-state index in [1.54, 1.807) is 29.2 Å². The van der Waals surface area contributed by atoms with Gasteiger partial charge >= 0.3 is 5.97 Å². The quantitative estimate of drug-likeness (QED) is 0.879. The molecule has 0 spiro atoms. The molecule has 2 unspecified atom stereocenters. The first-order valence-corrected chi connectivity index (χ1v) is 8.73. The summed E-state index contributed by atoms with van der Waals surface area (Å²) in [6.45, 7) is 4.80. The van der Waals surface area contributed by atoms with Gasteiger partial charge < -0.3 is 14.7 Å². The van der Waals surface area contributed by atoms with Crippen molar-refractivity contribution in [1.82, 2.24) is 4.90 Å². The van der Waals surface area contributed by atoms with Crippen molar-refractivity contribution in [1.29, 1.82) is 0 Å². The number of carbonyl (C=O) groups excluding carboxylic acids is 1. The molecule has 2 rings (SSSR count). The summed E-state index contributed by atoms with van der Waals surface area (Å²) in [5.41, 5.74) is 0.505. The third kappa shape index (κ3) is 4.62. The maximum Gasteiger partial charge on any atom is 0.306 e. The number of carboxylic acids is 1. The van der Waals surface area contributed by atoms with Gasteiger partial charge in [-0.1, -0.05) is 13.8 Å². The molecule has 23 heavy (non-hydrogen) atoms. The molecule has 1 heterocycles. The lowest BCUT2D eigenvalue weighted by atomic mass is 10.1. The van der Waals surface area contributed by atoms with Crippen LogP contribution < -0.4 is 0 Å². The Morgan fingerprint density at radius 2 is 2.00 bits per heavy atom. The Balaban J connectivity index is 2.05. The van der Waals surface area contributed by atoms with Crippen LogP contribution in [0.2, 0.25) is 0 Å². The molecule has 2 atom stereocenters. The molecule has 0 aliphatic carbocycles. The molecule has 1 fully saturated rings. The molecule has 1 aromatic carbocycles. The van der Waals surface area contributed by atoms with E-state index in [9.17, 15) is 13.8 Å². The van der Waals surface area contributed by atoms with Crippen molar-refractivity contribution in [3.63, 3.8) is 0 Å². The number of carboxylic acid groups (broad SMARTS) is 1. The summed E-state index contributed by atoms with van der Waals surface area (Å²) in [6.07, 6.45) is -0.589. The van der Waals surface area contributed by atoms with Crippen molar-refractivity contribution in [2.75, 3.05) is 19.7 Å². The number of ether oxygens (including phenoxy) is 1. The average molecular weight is 339 g/mol. The standard InChI is InChI=1S/C16H21NO5S/c1-11(2)23(21)14-5-3-12(4-6-14)16(20)17-7-8-22-13(10-17)9-15(18)19/h3-6,11,13H,7-10H2,1-2H3,(H,18,19). The minimum Gasteiger partial charge on any atom is -0.481 e. The highest BCUT2D eigenvalue weighted by Gasteiger charge is 2.26. The van der Waals surface area contributed by atoms with Crippen LogP contribution in [-0.4, -0.2) is 57.1 Å². The van der Waals surface area contributed by atoms with Gasteiger partial charge in [-0.2, -0.15) is 0 Å². The van der Waals surface area contributed by atoms with Gasteiger partial charge in [0, 0.05) is 28.8 Å². The van der Waals surface area contributed by atoms with Crippen molar-refractivity contribution < 1.29 is 23.6 Å². The molecule has 0 bridgehead atoms. The van der Waals surface area contributed by atoms with Gasteiger partial charge in [-0.15, -0.1) is 0 Å². The van der Waals surface area contributed by atoms with E-state index in [-0.39, 0.29) is 24.1 Å². The topological polar surface area (TPSA) is 83.9 Å². The minimum atomic E-state index is -1.08. The SMILES string of the molecule is CC(C)S(=O)c1ccc(C(=O)N2CCOC(CC(=O)O)C2)cc1. The number of aliphatic carboxylic acids is 1. The van der Waals surface area contributed by atoms with E-state index >= 15 is 0 Å². The summed E-state index contributed by atoms with van der Waals surface area (Å²) < 4.78 is 17.4. The Morgan fingerprint density at radius 1 is 1.35 bits per heavy atom. The van der Waals surface area contributed by atoms with Crippen LogP contribution in [0.25, 0.3) is 0 Å². The molecule has 0 saturated carbocycles. The molecule has 1 aliphatic rings. The molecule has 1 N–H and O–H groups in total. The second kappa shape index (κ2) is 7.70. The highest BCUT2D eigenvalue weighted by atomic mass is 32.2. The highest BCUT2D eigenvalue weighted by molar-refractivity contribution is 7.85. The summed E-state index contributed by atoms with van der Waals surface area (Å²) in [5, 5.41) is 8.84. The summed E-state index contributed by atoms with van der Waals surface area (Å²) >= 11 is 0. The largest absolute Gasteiger partial charge is 0.481 e. The number of hydrogen-bond donors (Lipinski definition) is 1. The predicted octanol–water partition coefficient (Wildman–Crippen LogP) is 1.52. The molecule has 126 valence electrons. The van der Waals surface area contributed by atoms with Crippen LogP contribution in [0, 0.1) is 0 Å². The summed E-state index contributed by atoms with van der Waals surface area (Å²) in [5.74, 6) is -1.10. The maximum atomic E-state index is 12.5. The van der Waals surface area contributed by atoms with Gasteiger partial charge in [0.15, 0.2) is 0 Å². The fourth-order valence-electron chi connectivity index (χ4n) is 2.41. The van der Waals surface area contributed by atoms with E-state index in [1.165, 1.54) is 0 Å². The smallest absolute Gasteiger partial charge is 0.306 e. The number of carbonyl (C=O) groups is 2. The fourth-order valence-corrected chi connectivity index (χ4v) is 3.36. The number of amides is 1. The van der Waals surface area contributed by atoms with Gasteiger partial charge in [-0.05, 0) is 24.3 Å². The second-order valence-corrected chi connectivity index (χ2v) is 7.72. The Morgan fingerprint density at radius 3 is 2.57 bits per heavy atom. The summed E-state index contributed by atoms with van der Waals surface area (Å²) in [7, 11) is -1.08. The second-order valence-electron chi connectivity index (χ2n) is 5.71. The van der Waals surface area contributed by atoms with E-state index in [4.69, 9.17) is 9.84 Å². The molecule has 1 saturated heterocycles. The molecular formula is C16H21NO5S. The monoisotopic (exact) mass is 339 g/mol. The van der Waals surface area contributed by atoms with Crippen LogP contribution in [0.1, 0.15) is 30.6 Å². The van der Waals surface area contributed by atoms with Crippen LogP contribution in [0.3, 0.4) is 0 Å². The fraction of sp³-hybridized carbons (Fsp3) is 0.500. The molecular weight excluding hydrogens is 318 g/mol. The minimum absolute atomic E-state index is 0.0209. The zero-order valence-corrected chi connectivity index (χ0v) is 14.0. The van der Waals surface area contributed by atoms with Crippen LogP contribution in [0.15, 0.2) is 29.2 Å². The molecule has 7 heteroatoms. The number of hydrogen-bond acceptors (Lipinski definition) is 4. The van der Waals surface area contributed by atoms with Gasteiger partial charge in [0.05, 0.1) is 29.9 Å². The first-order chi connectivity index (χ1) is 10.9. The lowest BCUT2D eigenvalue weighted by Crippen LogP contribution is -2.46. The van der Waals surface area contributed by atoms with Gasteiger partial charge in [0.2, 0.25) is 0 Å². The number of morpholine rings is 1. The molecule has 1 aromatic rings. The van der Waals surface area contributed by atoms with Gasteiger partial charge in [-0.25, -0.2) is 0 Å². The number of rotatable bonds is 5. The van der Waals surface area contributed by atoms with Crippen molar-refractivity contribution in [3.8, 4) is 0 Å².